The molecule has 0 radical (unpaired) electrons. The summed E-state index contributed by atoms with van der Waals surface area (Å²) in [6, 6.07) is 7.81. The molecule has 0 unspecified atom stereocenters. The molecule has 0 saturated carbocycles. The first-order chi connectivity index (χ1) is 10.2. The van der Waals surface area contributed by atoms with E-state index in [-0.39, 0.29) is 5.91 Å². The Kier molecular flexibility index (Phi) is 5.75. The first kappa shape index (κ1) is 15.5. The van der Waals surface area contributed by atoms with Gasteiger partial charge in [-0.3, -0.25) is 4.79 Å². The third-order valence-corrected chi connectivity index (χ3v) is 4.05. The summed E-state index contributed by atoms with van der Waals surface area (Å²) in [5, 5.41) is 8.88. The van der Waals surface area contributed by atoms with Gasteiger partial charge in [0.1, 0.15) is 0 Å². The van der Waals surface area contributed by atoms with Crippen molar-refractivity contribution in [2.45, 2.75) is 32.6 Å². The molecular formula is C16H21N3OS. The highest BCUT2D eigenvalue weighted by Crippen LogP contribution is 2.25. The summed E-state index contributed by atoms with van der Waals surface area (Å²) in [4.78, 5) is 16.2. The zero-order chi connectivity index (χ0) is 15.1. The zero-order valence-corrected chi connectivity index (χ0v) is 13.3. The number of thiazole rings is 1. The average Bonchev–Trinajstić information content (AvgIpc) is 2.97. The molecule has 0 fully saturated rings. The van der Waals surface area contributed by atoms with Crippen molar-refractivity contribution >= 4 is 28.1 Å². The highest BCUT2D eigenvalue weighted by molar-refractivity contribution is 7.14. The van der Waals surface area contributed by atoms with Crippen LogP contribution in [0, 0.1) is 0 Å². The van der Waals surface area contributed by atoms with Crippen molar-refractivity contribution < 1.29 is 4.79 Å². The molecule has 2 aromatic rings. The minimum Gasteiger partial charge on any atom is -0.365 e. The molecule has 1 heterocycles. The minimum atomic E-state index is 0.0855. The third kappa shape index (κ3) is 4.56. The van der Waals surface area contributed by atoms with Gasteiger partial charge >= 0.3 is 0 Å². The Morgan fingerprint density at radius 2 is 2.00 bits per heavy atom. The number of rotatable bonds is 7. The summed E-state index contributed by atoms with van der Waals surface area (Å²) >= 11 is 1.58. The van der Waals surface area contributed by atoms with Gasteiger partial charge in [-0.1, -0.05) is 31.9 Å². The van der Waals surface area contributed by atoms with Crippen molar-refractivity contribution in [3.63, 3.8) is 0 Å². The Labute approximate surface area is 129 Å². The van der Waals surface area contributed by atoms with E-state index in [4.69, 9.17) is 0 Å². The molecule has 1 aromatic carbocycles. The van der Waals surface area contributed by atoms with Crippen LogP contribution in [-0.4, -0.2) is 17.9 Å². The SMILES string of the molecule is CCCCCC(=O)Nc1ccc(-c2csc(NC)n2)cc1. The van der Waals surface area contributed by atoms with E-state index in [0.29, 0.717) is 6.42 Å². The Bertz CT molecular complexity index is 577. The largest absolute Gasteiger partial charge is 0.365 e. The van der Waals surface area contributed by atoms with Crippen molar-refractivity contribution in [1.29, 1.82) is 0 Å². The number of nitrogens with zero attached hydrogens (tertiary/aromatic N) is 1. The van der Waals surface area contributed by atoms with Crippen LogP contribution in [0.2, 0.25) is 0 Å². The van der Waals surface area contributed by atoms with Gasteiger partial charge in [0.25, 0.3) is 0 Å². The molecule has 21 heavy (non-hydrogen) atoms. The fourth-order valence-corrected chi connectivity index (χ4v) is 2.69. The maximum Gasteiger partial charge on any atom is 0.224 e. The maximum atomic E-state index is 11.8. The average molecular weight is 303 g/mol. The Morgan fingerprint density at radius 1 is 1.24 bits per heavy atom. The summed E-state index contributed by atoms with van der Waals surface area (Å²) in [5.74, 6) is 0.0855. The van der Waals surface area contributed by atoms with E-state index >= 15 is 0 Å². The van der Waals surface area contributed by atoms with Crippen molar-refractivity contribution in [2.75, 3.05) is 17.7 Å². The monoisotopic (exact) mass is 303 g/mol. The summed E-state index contributed by atoms with van der Waals surface area (Å²) in [5.41, 5.74) is 2.84. The number of aromatic nitrogens is 1. The van der Waals surface area contributed by atoms with Crippen LogP contribution in [0.25, 0.3) is 11.3 Å². The van der Waals surface area contributed by atoms with Crippen LogP contribution >= 0.6 is 11.3 Å². The Balaban J connectivity index is 1.94. The molecule has 0 spiro atoms. The zero-order valence-electron chi connectivity index (χ0n) is 12.5. The molecule has 2 rings (SSSR count). The van der Waals surface area contributed by atoms with Crippen molar-refractivity contribution in [1.82, 2.24) is 4.98 Å². The lowest BCUT2D eigenvalue weighted by Crippen LogP contribution is -2.10. The normalized spacial score (nSPS) is 10.4. The van der Waals surface area contributed by atoms with E-state index in [2.05, 4.69) is 22.5 Å². The molecule has 2 N–H and O–H groups in total. The molecule has 0 aliphatic carbocycles. The van der Waals surface area contributed by atoms with Gasteiger partial charge in [-0.2, -0.15) is 0 Å². The van der Waals surface area contributed by atoms with Crippen LogP contribution in [0.15, 0.2) is 29.6 Å². The molecule has 0 bridgehead atoms. The second-order valence-electron chi connectivity index (χ2n) is 4.87. The van der Waals surface area contributed by atoms with Crippen LogP contribution < -0.4 is 10.6 Å². The third-order valence-electron chi connectivity index (χ3n) is 3.19. The predicted molar refractivity (Wildman–Crippen MR) is 89.9 cm³/mol. The molecule has 112 valence electrons. The van der Waals surface area contributed by atoms with Crippen LogP contribution in [0.1, 0.15) is 32.6 Å². The summed E-state index contributed by atoms with van der Waals surface area (Å²) in [6.45, 7) is 2.13. The van der Waals surface area contributed by atoms with Gasteiger partial charge in [0.15, 0.2) is 5.13 Å². The minimum absolute atomic E-state index is 0.0855. The molecular weight excluding hydrogens is 282 g/mol. The smallest absolute Gasteiger partial charge is 0.224 e. The van der Waals surface area contributed by atoms with Gasteiger partial charge in [-0.15, -0.1) is 11.3 Å². The number of hydrogen-bond donors (Lipinski definition) is 2. The second-order valence-corrected chi connectivity index (χ2v) is 5.73. The van der Waals surface area contributed by atoms with Crippen LogP contribution in [0.4, 0.5) is 10.8 Å². The van der Waals surface area contributed by atoms with E-state index < -0.39 is 0 Å². The molecule has 0 aliphatic heterocycles. The number of unbranched alkanes of at least 4 members (excludes halogenated alkanes) is 2. The molecule has 0 atom stereocenters. The van der Waals surface area contributed by atoms with Crippen molar-refractivity contribution in [2.24, 2.45) is 0 Å². The van der Waals surface area contributed by atoms with E-state index in [1.807, 2.05) is 36.7 Å². The van der Waals surface area contributed by atoms with E-state index in [1.54, 1.807) is 11.3 Å². The number of amides is 1. The Morgan fingerprint density at radius 3 is 2.62 bits per heavy atom. The van der Waals surface area contributed by atoms with Gasteiger partial charge in [0.2, 0.25) is 5.91 Å². The maximum absolute atomic E-state index is 11.8. The number of hydrogen-bond acceptors (Lipinski definition) is 4. The lowest BCUT2D eigenvalue weighted by Gasteiger charge is -2.05. The van der Waals surface area contributed by atoms with Gasteiger partial charge in [-0.25, -0.2) is 4.98 Å². The highest BCUT2D eigenvalue weighted by atomic mass is 32.1. The number of carbonyl (C=O) groups is 1. The Hall–Kier alpha value is -1.88. The van der Waals surface area contributed by atoms with Crippen LogP contribution in [-0.2, 0) is 4.79 Å². The summed E-state index contributed by atoms with van der Waals surface area (Å²) in [7, 11) is 1.86. The lowest BCUT2D eigenvalue weighted by molar-refractivity contribution is -0.116. The highest BCUT2D eigenvalue weighted by Gasteiger charge is 2.05. The lowest BCUT2D eigenvalue weighted by atomic mass is 10.1. The first-order valence-electron chi connectivity index (χ1n) is 7.26. The number of benzene rings is 1. The van der Waals surface area contributed by atoms with E-state index in [9.17, 15) is 4.79 Å². The van der Waals surface area contributed by atoms with Crippen LogP contribution in [0.3, 0.4) is 0 Å². The summed E-state index contributed by atoms with van der Waals surface area (Å²) < 4.78 is 0. The number of nitrogens with one attached hydrogen (secondary N) is 2. The van der Waals surface area contributed by atoms with Crippen LogP contribution in [0.5, 0.6) is 0 Å². The van der Waals surface area contributed by atoms with E-state index in [0.717, 1.165) is 41.3 Å². The van der Waals surface area contributed by atoms with Gasteiger partial charge < -0.3 is 10.6 Å². The molecule has 1 aromatic heterocycles. The molecule has 4 nitrogen and oxygen atoms in total. The standard InChI is InChI=1S/C16H21N3OS/c1-3-4-5-6-15(20)18-13-9-7-12(8-10-13)14-11-21-16(17-2)19-14/h7-11H,3-6H2,1-2H3,(H,17,19)(H,18,20). The molecule has 5 heteroatoms. The predicted octanol–water partition coefficient (Wildman–Crippen LogP) is 4.37. The first-order valence-corrected chi connectivity index (χ1v) is 8.14. The van der Waals surface area contributed by atoms with E-state index in [1.165, 1.54) is 0 Å². The second kappa shape index (κ2) is 7.78. The molecule has 0 aliphatic rings. The molecule has 0 saturated heterocycles. The number of carbonyl (C=O) groups excluding carboxylic acids is 1. The van der Waals surface area contributed by atoms with Crippen molar-refractivity contribution in [3.8, 4) is 11.3 Å². The quantitative estimate of drug-likeness (QED) is 0.747. The topological polar surface area (TPSA) is 54.0 Å². The molecule has 1 amide bonds. The summed E-state index contributed by atoms with van der Waals surface area (Å²) in [6.07, 6.45) is 3.77. The van der Waals surface area contributed by atoms with Gasteiger partial charge in [-0.05, 0) is 18.6 Å². The fourth-order valence-electron chi connectivity index (χ4n) is 2.00. The van der Waals surface area contributed by atoms with Gasteiger partial charge in [0, 0.05) is 30.1 Å². The number of anilines is 2. The fraction of sp³-hybridized carbons (Fsp3) is 0.375. The van der Waals surface area contributed by atoms with Crippen molar-refractivity contribution in [3.05, 3.63) is 29.6 Å². The van der Waals surface area contributed by atoms with Gasteiger partial charge in [0.05, 0.1) is 5.69 Å².